The molecule has 0 fully saturated rings. The lowest BCUT2D eigenvalue weighted by Crippen LogP contribution is -2.17. The second-order valence-electron chi connectivity index (χ2n) is 3.52. The van der Waals surface area contributed by atoms with Gasteiger partial charge < -0.3 is 9.84 Å². The van der Waals surface area contributed by atoms with E-state index in [9.17, 15) is 19.3 Å². The zero-order valence-electron chi connectivity index (χ0n) is 9.22. The fourth-order valence-corrected chi connectivity index (χ4v) is 1.46. The van der Waals surface area contributed by atoms with Crippen LogP contribution in [0, 0.1) is 15.9 Å². The van der Waals surface area contributed by atoms with Crippen molar-refractivity contribution in [3.8, 4) is 5.75 Å². The van der Waals surface area contributed by atoms with E-state index in [1.54, 1.807) is 0 Å². The lowest BCUT2D eigenvalue weighted by atomic mass is 10.2. The van der Waals surface area contributed by atoms with Gasteiger partial charge >= 0.3 is 11.7 Å². The summed E-state index contributed by atoms with van der Waals surface area (Å²) < 4.78 is 18.4. The maximum atomic E-state index is 13.3. The van der Waals surface area contributed by atoms with Crippen molar-refractivity contribution >= 4 is 23.3 Å². The number of halogens is 2. The fourth-order valence-electron chi connectivity index (χ4n) is 1.25. The molecule has 0 heterocycles. The summed E-state index contributed by atoms with van der Waals surface area (Å²) in [6.45, 7) is 1.46. The molecule has 1 atom stereocenters. The van der Waals surface area contributed by atoms with Crippen LogP contribution in [0.15, 0.2) is 12.1 Å². The number of nitro benzene ring substituents is 1. The first-order chi connectivity index (χ1) is 8.31. The van der Waals surface area contributed by atoms with Gasteiger partial charge in [-0.3, -0.25) is 14.9 Å². The number of aliphatic carboxylic acids is 1. The van der Waals surface area contributed by atoms with Crippen LogP contribution >= 0.6 is 11.6 Å². The number of carboxylic acid groups (broad SMARTS) is 1. The second-order valence-corrected chi connectivity index (χ2v) is 3.92. The number of benzene rings is 1. The average molecular weight is 278 g/mol. The van der Waals surface area contributed by atoms with Crippen molar-refractivity contribution in [1.29, 1.82) is 0 Å². The van der Waals surface area contributed by atoms with E-state index in [0.29, 0.717) is 0 Å². The van der Waals surface area contributed by atoms with Crippen LogP contribution in [0.25, 0.3) is 0 Å². The molecule has 0 amide bonds. The van der Waals surface area contributed by atoms with Crippen LogP contribution in [0.4, 0.5) is 10.1 Å². The molecule has 0 aliphatic heterocycles. The van der Waals surface area contributed by atoms with Crippen molar-refractivity contribution in [3.63, 3.8) is 0 Å². The quantitative estimate of drug-likeness (QED) is 0.660. The summed E-state index contributed by atoms with van der Waals surface area (Å²) in [5.41, 5.74) is -0.766. The van der Waals surface area contributed by atoms with E-state index in [1.807, 2.05) is 0 Å². The topological polar surface area (TPSA) is 89.7 Å². The van der Waals surface area contributed by atoms with E-state index in [2.05, 4.69) is 0 Å². The average Bonchev–Trinajstić information content (AvgIpc) is 2.21. The van der Waals surface area contributed by atoms with Gasteiger partial charge in [-0.05, 0) is 6.92 Å². The fraction of sp³-hybridized carbons (Fsp3) is 0.300. The van der Waals surface area contributed by atoms with Crippen LogP contribution in [0.5, 0.6) is 5.75 Å². The normalized spacial score (nSPS) is 11.9. The molecule has 0 aromatic heterocycles. The van der Waals surface area contributed by atoms with Gasteiger partial charge in [0.15, 0.2) is 0 Å². The van der Waals surface area contributed by atoms with E-state index >= 15 is 0 Å². The highest BCUT2D eigenvalue weighted by Crippen LogP contribution is 2.32. The van der Waals surface area contributed by atoms with Crippen molar-refractivity contribution in [2.24, 2.45) is 0 Å². The van der Waals surface area contributed by atoms with Crippen molar-refractivity contribution in [2.75, 3.05) is 0 Å². The highest BCUT2D eigenvalue weighted by molar-refractivity contribution is 6.32. The van der Waals surface area contributed by atoms with Crippen LogP contribution in [-0.4, -0.2) is 22.1 Å². The molecule has 18 heavy (non-hydrogen) atoms. The van der Waals surface area contributed by atoms with Gasteiger partial charge in [0, 0.05) is 12.1 Å². The highest BCUT2D eigenvalue weighted by Gasteiger charge is 2.20. The Hall–Kier alpha value is -1.89. The van der Waals surface area contributed by atoms with E-state index in [-0.39, 0.29) is 17.2 Å². The summed E-state index contributed by atoms with van der Waals surface area (Å²) in [7, 11) is 0. The predicted octanol–water partition coefficient (Wildman–Crippen LogP) is 2.63. The molecule has 0 aliphatic carbocycles. The molecule has 0 saturated carbocycles. The molecule has 0 spiro atoms. The van der Waals surface area contributed by atoms with Crippen molar-refractivity contribution < 1.29 is 24.0 Å². The summed E-state index contributed by atoms with van der Waals surface area (Å²) >= 11 is 5.68. The number of nitro groups is 1. The first-order valence-electron chi connectivity index (χ1n) is 4.83. The van der Waals surface area contributed by atoms with Crippen molar-refractivity contribution in [1.82, 2.24) is 0 Å². The molecule has 0 unspecified atom stereocenters. The smallest absolute Gasteiger partial charge is 0.307 e. The van der Waals surface area contributed by atoms with Gasteiger partial charge in [0.25, 0.3) is 0 Å². The predicted molar refractivity (Wildman–Crippen MR) is 60.4 cm³/mol. The Morgan fingerprint density at radius 1 is 1.67 bits per heavy atom. The van der Waals surface area contributed by atoms with E-state index in [0.717, 1.165) is 12.1 Å². The zero-order valence-corrected chi connectivity index (χ0v) is 9.98. The molecule has 0 bridgehead atoms. The molecule has 1 rings (SSSR count). The molecular formula is C10H9ClFNO5. The number of carboxylic acids is 1. The van der Waals surface area contributed by atoms with Gasteiger partial charge in [-0.1, -0.05) is 11.6 Å². The second kappa shape index (κ2) is 5.63. The van der Waals surface area contributed by atoms with Crippen molar-refractivity contribution in [2.45, 2.75) is 19.4 Å². The zero-order chi connectivity index (χ0) is 13.9. The van der Waals surface area contributed by atoms with Gasteiger partial charge in [-0.25, -0.2) is 0 Å². The molecule has 0 radical (unpaired) electrons. The third-order valence-electron chi connectivity index (χ3n) is 1.99. The van der Waals surface area contributed by atoms with Crippen LogP contribution in [0.1, 0.15) is 13.3 Å². The number of rotatable bonds is 5. The SMILES string of the molecule is C[C@@H](CC(=O)O)Oc1cc(F)c([N+](=O)[O-])cc1Cl. The molecule has 1 aromatic rings. The minimum absolute atomic E-state index is 0.131. The van der Waals surface area contributed by atoms with Gasteiger partial charge in [0.05, 0.1) is 16.4 Å². The largest absolute Gasteiger partial charge is 0.488 e. The molecule has 98 valence electrons. The van der Waals surface area contributed by atoms with E-state index < -0.39 is 28.5 Å². The first-order valence-corrected chi connectivity index (χ1v) is 5.21. The van der Waals surface area contributed by atoms with Crippen LogP contribution < -0.4 is 4.74 Å². The molecule has 6 nitrogen and oxygen atoms in total. The number of nitrogens with zero attached hydrogens (tertiary/aromatic N) is 1. The monoisotopic (exact) mass is 277 g/mol. The third kappa shape index (κ3) is 3.56. The summed E-state index contributed by atoms with van der Waals surface area (Å²) in [4.78, 5) is 19.9. The Bertz CT molecular complexity index is 493. The first kappa shape index (κ1) is 14.2. The number of carbonyl (C=O) groups is 1. The summed E-state index contributed by atoms with van der Waals surface area (Å²) in [6, 6.07) is 1.58. The number of ether oxygens (including phenoxy) is 1. The molecule has 1 N–H and O–H groups in total. The molecule has 8 heteroatoms. The Balaban J connectivity index is 2.94. The summed E-state index contributed by atoms with van der Waals surface area (Å²) in [5.74, 6) is -2.31. The van der Waals surface area contributed by atoms with Crippen molar-refractivity contribution in [3.05, 3.63) is 33.1 Å². The van der Waals surface area contributed by atoms with Crippen LogP contribution in [0.3, 0.4) is 0 Å². The van der Waals surface area contributed by atoms with Gasteiger partial charge in [0.2, 0.25) is 5.82 Å². The van der Waals surface area contributed by atoms with E-state index in [4.69, 9.17) is 21.4 Å². The Morgan fingerprint density at radius 2 is 2.28 bits per heavy atom. The Labute approximate surface area is 106 Å². The third-order valence-corrected chi connectivity index (χ3v) is 2.28. The minimum Gasteiger partial charge on any atom is -0.488 e. The minimum atomic E-state index is -1.10. The lowest BCUT2D eigenvalue weighted by molar-refractivity contribution is -0.387. The molecule has 1 aromatic carbocycles. The van der Waals surface area contributed by atoms with Crippen LogP contribution in [0.2, 0.25) is 5.02 Å². The van der Waals surface area contributed by atoms with Gasteiger partial charge in [0.1, 0.15) is 11.9 Å². The summed E-state index contributed by atoms with van der Waals surface area (Å²) in [6.07, 6.45) is -1.03. The standard InChI is InChI=1S/C10H9ClFNO5/c1-5(2-10(14)15)18-9-4-7(12)8(13(16)17)3-6(9)11/h3-5H,2H2,1H3,(H,14,15)/t5-/m0/s1. The maximum absolute atomic E-state index is 13.3. The Kier molecular flexibility index (Phi) is 4.43. The van der Waals surface area contributed by atoms with Crippen LogP contribution in [-0.2, 0) is 4.79 Å². The Morgan fingerprint density at radius 3 is 2.78 bits per heavy atom. The summed E-state index contributed by atoms with van der Waals surface area (Å²) in [5, 5.41) is 18.8. The lowest BCUT2D eigenvalue weighted by Gasteiger charge is -2.13. The molecule has 0 saturated heterocycles. The van der Waals surface area contributed by atoms with Gasteiger partial charge in [-0.2, -0.15) is 4.39 Å². The molecular weight excluding hydrogens is 269 g/mol. The van der Waals surface area contributed by atoms with Gasteiger partial charge in [-0.15, -0.1) is 0 Å². The number of hydrogen-bond donors (Lipinski definition) is 1. The number of hydrogen-bond acceptors (Lipinski definition) is 4. The maximum Gasteiger partial charge on any atom is 0.307 e. The van der Waals surface area contributed by atoms with E-state index in [1.165, 1.54) is 6.92 Å². The highest BCUT2D eigenvalue weighted by atomic mass is 35.5. The molecule has 0 aliphatic rings.